The fourth-order valence-corrected chi connectivity index (χ4v) is 1.86. The highest BCUT2D eigenvalue weighted by Gasteiger charge is 2.13. The predicted molar refractivity (Wildman–Crippen MR) is 90.6 cm³/mol. The van der Waals surface area contributed by atoms with Gasteiger partial charge in [0.2, 0.25) is 0 Å². The van der Waals surface area contributed by atoms with E-state index in [-0.39, 0.29) is 17.9 Å². The summed E-state index contributed by atoms with van der Waals surface area (Å²) >= 11 is 0. The summed E-state index contributed by atoms with van der Waals surface area (Å²) in [6, 6.07) is 13.2. The van der Waals surface area contributed by atoms with E-state index in [2.05, 4.69) is 36.3 Å². The smallest absolute Gasteiger partial charge is 0.277 e. The summed E-state index contributed by atoms with van der Waals surface area (Å²) in [6.07, 6.45) is 3.14. The average Bonchev–Trinajstić information content (AvgIpc) is 2.53. The van der Waals surface area contributed by atoms with Crippen molar-refractivity contribution < 1.29 is 9.53 Å². The second kappa shape index (κ2) is 7.54. The lowest BCUT2D eigenvalue weighted by atomic mass is 9.87. The van der Waals surface area contributed by atoms with Gasteiger partial charge in [0, 0.05) is 6.20 Å². The highest BCUT2D eigenvalue weighted by molar-refractivity contribution is 5.81. The van der Waals surface area contributed by atoms with Crippen LogP contribution < -0.4 is 10.2 Å². The van der Waals surface area contributed by atoms with Gasteiger partial charge >= 0.3 is 0 Å². The Morgan fingerprint density at radius 2 is 1.96 bits per heavy atom. The molecule has 0 radical (unpaired) electrons. The SMILES string of the molecule is CC(C)(C)c1ccc(OCC(=O)NN=Cc2ccccn2)cc1. The van der Waals surface area contributed by atoms with Gasteiger partial charge in [0.15, 0.2) is 6.61 Å². The maximum Gasteiger partial charge on any atom is 0.277 e. The number of hydrogen-bond donors (Lipinski definition) is 1. The molecule has 1 amide bonds. The Kier molecular flexibility index (Phi) is 5.46. The van der Waals surface area contributed by atoms with Crippen LogP contribution in [-0.4, -0.2) is 23.7 Å². The molecule has 1 aromatic heterocycles. The van der Waals surface area contributed by atoms with Gasteiger partial charge in [0.1, 0.15) is 5.75 Å². The van der Waals surface area contributed by atoms with Gasteiger partial charge in [0.05, 0.1) is 11.9 Å². The van der Waals surface area contributed by atoms with Crippen LogP contribution in [0.3, 0.4) is 0 Å². The number of ether oxygens (including phenoxy) is 1. The summed E-state index contributed by atoms with van der Waals surface area (Å²) in [5.41, 5.74) is 4.39. The van der Waals surface area contributed by atoms with Gasteiger partial charge < -0.3 is 4.74 Å². The molecule has 0 fully saturated rings. The minimum Gasteiger partial charge on any atom is -0.484 e. The molecular formula is C18H21N3O2. The zero-order valence-corrected chi connectivity index (χ0v) is 13.6. The molecule has 23 heavy (non-hydrogen) atoms. The molecule has 0 unspecified atom stereocenters. The van der Waals surface area contributed by atoms with Crippen molar-refractivity contribution >= 4 is 12.1 Å². The number of rotatable bonds is 5. The van der Waals surface area contributed by atoms with Crippen molar-refractivity contribution in [2.45, 2.75) is 26.2 Å². The Balaban J connectivity index is 1.79. The van der Waals surface area contributed by atoms with Crippen molar-refractivity contribution in [1.29, 1.82) is 0 Å². The number of amides is 1. The van der Waals surface area contributed by atoms with Crippen molar-refractivity contribution in [1.82, 2.24) is 10.4 Å². The maximum absolute atomic E-state index is 11.7. The van der Waals surface area contributed by atoms with E-state index in [4.69, 9.17) is 4.74 Å². The van der Waals surface area contributed by atoms with Crippen molar-refractivity contribution in [3.8, 4) is 5.75 Å². The van der Waals surface area contributed by atoms with Crippen molar-refractivity contribution in [3.63, 3.8) is 0 Å². The Morgan fingerprint density at radius 1 is 1.22 bits per heavy atom. The minimum absolute atomic E-state index is 0.0889. The number of carbonyl (C=O) groups excluding carboxylic acids is 1. The molecule has 1 aromatic carbocycles. The first-order valence-electron chi connectivity index (χ1n) is 7.41. The number of nitrogens with one attached hydrogen (secondary N) is 1. The molecule has 0 aliphatic rings. The molecule has 2 aromatic rings. The molecule has 1 N–H and O–H groups in total. The van der Waals surface area contributed by atoms with Crippen LogP contribution >= 0.6 is 0 Å². The molecule has 0 bridgehead atoms. The van der Waals surface area contributed by atoms with Gasteiger partial charge in [-0.3, -0.25) is 9.78 Å². The normalized spacial score (nSPS) is 11.4. The standard InChI is InChI=1S/C18H21N3O2/c1-18(2,3)14-7-9-16(10-8-14)23-13-17(22)21-20-12-15-6-4-5-11-19-15/h4-12H,13H2,1-3H3,(H,21,22). The average molecular weight is 311 g/mol. The monoisotopic (exact) mass is 311 g/mol. The number of hydrazone groups is 1. The van der Waals surface area contributed by atoms with Crippen LogP contribution in [-0.2, 0) is 10.2 Å². The summed E-state index contributed by atoms with van der Waals surface area (Å²) in [4.78, 5) is 15.7. The van der Waals surface area contributed by atoms with Crippen LogP contribution in [0.2, 0.25) is 0 Å². The molecule has 120 valence electrons. The van der Waals surface area contributed by atoms with Crippen LogP contribution in [0.25, 0.3) is 0 Å². The molecule has 0 aliphatic carbocycles. The van der Waals surface area contributed by atoms with E-state index in [1.807, 2.05) is 36.4 Å². The zero-order chi connectivity index (χ0) is 16.7. The van der Waals surface area contributed by atoms with E-state index < -0.39 is 0 Å². The van der Waals surface area contributed by atoms with Crippen LogP contribution in [0.1, 0.15) is 32.0 Å². The Bertz CT molecular complexity index is 659. The van der Waals surface area contributed by atoms with Crippen LogP contribution in [0.4, 0.5) is 0 Å². The summed E-state index contributed by atoms with van der Waals surface area (Å²) < 4.78 is 5.44. The number of carbonyl (C=O) groups is 1. The summed E-state index contributed by atoms with van der Waals surface area (Å²) in [7, 11) is 0. The van der Waals surface area contributed by atoms with Gasteiger partial charge in [-0.15, -0.1) is 0 Å². The van der Waals surface area contributed by atoms with E-state index in [1.54, 1.807) is 12.3 Å². The highest BCUT2D eigenvalue weighted by Crippen LogP contribution is 2.24. The molecule has 5 nitrogen and oxygen atoms in total. The lowest BCUT2D eigenvalue weighted by Crippen LogP contribution is -2.24. The molecule has 0 saturated heterocycles. The lowest BCUT2D eigenvalue weighted by molar-refractivity contribution is -0.123. The van der Waals surface area contributed by atoms with Crippen LogP contribution in [0.15, 0.2) is 53.8 Å². The summed E-state index contributed by atoms with van der Waals surface area (Å²) in [5.74, 6) is 0.332. The predicted octanol–water partition coefficient (Wildman–Crippen LogP) is 2.91. The lowest BCUT2D eigenvalue weighted by Gasteiger charge is -2.19. The third-order valence-corrected chi connectivity index (χ3v) is 3.16. The molecule has 0 atom stereocenters. The Morgan fingerprint density at radius 3 is 2.57 bits per heavy atom. The summed E-state index contributed by atoms with van der Waals surface area (Å²) in [5, 5.41) is 3.83. The first kappa shape index (κ1) is 16.7. The number of hydrogen-bond acceptors (Lipinski definition) is 4. The maximum atomic E-state index is 11.7. The van der Waals surface area contributed by atoms with Gasteiger partial charge in [-0.1, -0.05) is 39.0 Å². The van der Waals surface area contributed by atoms with Gasteiger partial charge in [-0.2, -0.15) is 5.10 Å². The van der Waals surface area contributed by atoms with E-state index in [9.17, 15) is 4.79 Å². The Hall–Kier alpha value is -2.69. The molecule has 0 aliphatic heterocycles. The number of benzene rings is 1. The van der Waals surface area contributed by atoms with E-state index in [1.165, 1.54) is 11.8 Å². The topological polar surface area (TPSA) is 63.6 Å². The third-order valence-electron chi connectivity index (χ3n) is 3.16. The molecular weight excluding hydrogens is 290 g/mol. The molecule has 1 heterocycles. The van der Waals surface area contributed by atoms with E-state index in [0.29, 0.717) is 11.4 Å². The molecule has 5 heteroatoms. The van der Waals surface area contributed by atoms with Gasteiger partial charge in [-0.05, 0) is 35.2 Å². The second-order valence-corrected chi connectivity index (χ2v) is 6.11. The second-order valence-electron chi connectivity index (χ2n) is 6.11. The number of aromatic nitrogens is 1. The fraction of sp³-hybridized carbons (Fsp3) is 0.278. The summed E-state index contributed by atoms with van der Waals surface area (Å²) in [6.45, 7) is 6.36. The van der Waals surface area contributed by atoms with E-state index in [0.717, 1.165) is 0 Å². The van der Waals surface area contributed by atoms with Gasteiger partial charge in [-0.25, -0.2) is 5.43 Å². The highest BCUT2D eigenvalue weighted by atomic mass is 16.5. The van der Waals surface area contributed by atoms with Crippen LogP contribution in [0.5, 0.6) is 5.75 Å². The number of nitrogens with zero attached hydrogens (tertiary/aromatic N) is 2. The minimum atomic E-state index is -0.322. The van der Waals surface area contributed by atoms with Gasteiger partial charge in [0.25, 0.3) is 5.91 Å². The fourth-order valence-electron chi connectivity index (χ4n) is 1.86. The first-order chi connectivity index (χ1) is 10.9. The molecule has 0 spiro atoms. The number of pyridine rings is 1. The Labute approximate surface area is 136 Å². The largest absolute Gasteiger partial charge is 0.484 e. The van der Waals surface area contributed by atoms with Crippen molar-refractivity contribution in [2.75, 3.05) is 6.61 Å². The third kappa shape index (κ3) is 5.54. The molecule has 0 saturated carbocycles. The van der Waals surface area contributed by atoms with Crippen molar-refractivity contribution in [2.24, 2.45) is 5.10 Å². The van der Waals surface area contributed by atoms with Crippen molar-refractivity contribution in [3.05, 3.63) is 59.9 Å². The van der Waals surface area contributed by atoms with E-state index >= 15 is 0 Å². The quantitative estimate of drug-likeness (QED) is 0.682. The molecule has 2 rings (SSSR count). The van der Waals surface area contributed by atoms with Crippen LogP contribution in [0, 0.1) is 0 Å². The first-order valence-corrected chi connectivity index (χ1v) is 7.41. The zero-order valence-electron chi connectivity index (χ0n) is 13.6.